The Bertz CT molecular complexity index is 4930. The standard InChI is InChI=1S/C82H50F6N6/c83-81(84,85)64-23-13-22-59(40-64)80-78(93-74-41-55(60-28-36-70(89-47-60)51-14-5-1-6-15-51)24-32-66(74)67-33-25-56(42-75(67)93)61-29-37-71(90-48-61)52-16-7-2-8-17-52)45-65(82(86,87)88)46-79(80)94-76-43-57(62-30-38-72(91-49-62)53-18-9-3-10-19-53)26-34-68(76)69-35-27-58(44-77(69)94)63-31-39-73(92-50-63)54-20-11-4-12-21-54/h1-50H. The van der Waals surface area contributed by atoms with Crippen molar-refractivity contribution in [3.8, 4) is 112 Å². The summed E-state index contributed by atoms with van der Waals surface area (Å²) >= 11 is 0. The summed E-state index contributed by atoms with van der Waals surface area (Å²) in [7, 11) is 0. The maximum atomic E-state index is 16.6. The predicted octanol–water partition coefficient (Wildman–Crippen LogP) is 22.5. The van der Waals surface area contributed by atoms with Crippen molar-refractivity contribution in [3.05, 3.63) is 315 Å². The molecular weight excluding hydrogens is 1180 g/mol. The van der Waals surface area contributed by atoms with Gasteiger partial charge in [0, 0.05) is 96.4 Å². The second-order valence-electron chi connectivity index (χ2n) is 23.3. The van der Waals surface area contributed by atoms with Crippen LogP contribution in [0.3, 0.4) is 0 Å². The number of halogens is 6. The van der Waals surface area contributed by atoms with Crippen LogP contribution in [0.5, 0.6) is 0 Å². The minimum atomic E-state index is -4.99. The van der Waals surface area contributed by atoms with E-state index in [0.717, 1.165) is 91.5 Å². The van der Waals surface area contributed by atoms with Gasteiger partial charge in [0.05, 0.1) is 67.3 Å². The molecule has 0 aliphatic carbocycles. The minimum Gasteiger partial charge on any atom is -0.308 e. The molecule has 6 aromatic heterocycles. The number of hydrogen-bond donors (Lipinski definition) is 0. The highest BCUT2D eigenvalue weighted by Gasteiger charge is 2.36. The van der Waals surface area contributed by atoms with E-state index in [0.29, 0.717) is 65.9 Å². The molecule has 0 atom stereocenters. The first-order chi connectivity index (χ1) is 45.8. The third-order valence-corrected chi connectivity index (χ3v) is 17.6. The molecule has 16 aromatic rings. The average Bonchev–Trinajstić information content (AvgIpc) is 1.52. The van der Waals surface area contributed by atoms with Crippen LogP contribution in [0.15, 0.2) is 304 Å². The van der Waals surface area contributed by atoms with Crippen LogP contribution in [0, 0.1) is 0 Å². The number of fused-ring (bicyclic) bond motifs is 6. The zero-order valence-corrected chi connectivity index (χ0v) is 49.8. The number of benzene rings is 10. The molecule has 16 rings (SSSR count). The summed E-state index contributed by atoms with van der Waals surface area (Å²) in [4.78, 5) is 19.4. The quantitative estimate of drug-likeness (QED) is 0.121. The Morgan fingerprint density at radius 2 is 0.500 bits per heavy atom. The van der Waals surface area contributed by atoms with Crippen LogP contribution in [0.4, 0.5) is 26.3 Å². The van der Waals surface area contributed by atoms with Gasteiger partial charge in [-0.1, -0.05) is 206 Å². The third-order valence-electron chi connectivity index (χ3n) is 17.6. The SMILES string of the molecule is FC(F)(F)c1cccc(-c2c(-n3c4cc(-c5ccc(-c6ccccc6)nc5)ccc4c4ccc(-c5ccc(-c6ccccc6)nc5)cc43)cc(C(F)(F)F)cc2-n2c3cc(-c4ccc(-c5ccccc5)nc4)ccc3c3ccc(-c4ccc(-c5ccccc5)nc4)cc32)c1. The Kier molecular flexibility index (Phi) is 14.0. The van der Waals surface area contributed by atoms with Crippen LogP contribution in [0.25, 0.3) is 156 Å². The van der Waals surface area contributed by atoms with E-state index in [4.69, 9.17) is 19.9 Å². The topological polar surface area (TPSA) is 61.4 Å². The van der Waals surface area contributed by atoms with E-state index in [-0.39, 0.29) is 22.5 Å². The van der Waals surface area contributed by atoms with Crippen LogP contribution >= 0.6 is 0 Å². The summed E-state index contributed by atoms with van der Waals surface area (Å²) in [5.41, 5.74) is 12.5. The van der Waals surface area contributed by atoms with E-state index in [1.807, 2.05) is 243 Å². The van der Waals surface area contributed by atoms with E-state index in [2.05, 4.69) is 0 Å². The van der Waals surface area contributed by atoms with Crippen LogP contribution in [0.2, 0.25) is 0 Å². The monoisotopic (exact) mass is 1230 g/mol. The minimum absolute atomic E-state index is 0.0164. The fraction of sp³-hybridized carbons (Fsp3) is 0.0244. The number of nitrogens with zero attached hydrogens (tertiary/aromatic N) is 6. The summed E-state index contributed by atoms with van der Waals surface area (Å²) < 4.78 is 99.6. The normalized spacial score (nSPS) is 11.9. The molecule has 0 saturated heterocycles. The maximum absolute atomic E-state index is 16.6. The molecule has 0 unspecified atom stereocenters. The van der Waals surface area contributed by atoms with Gasteiger partial charge >= 0.3 is 12.4 Å². The lowest BCUT2D eigenvalue weighted by atomic mass is 9.95. The third kappa shape index (κ3) is 10.5. The van der Waals surface area contributed by atoms with E-state index >= 15 is 26.3 Å². The molecule has 6 nitrogen and oxygen atoms in total. The van der Waals surface area contributed by atoms with Crippen LogP contribution in [-0.2, 0) is 12.4 Å². The predicted molar refractivity (Wildman–Crippen MR) is 365 cm³/mol. The number of pyridine rings is 4. The van der Waals surface area contributed by atoms with Crippen LogP contribution in [0.1, 0.15) is 11.1 Å². The lowest BCUT2D eigenvalue weighted by Crippen LogP contribution is -2.12. The Morgan fingerprint density at radius 3 is 0.766 bits per heavy atom. The first kappa shape index (κ1) is 57.2. The lowest BCUT2D eigenvalue weighted by molar-refractivity contribution is -0.138. The highest BCUT2D eigenvalue weighted by Crippen LogP contribution is 2.48. The number of hydrogen-bond acceptors (Lipinski definition) is 4. The molecule has 12 heteroatoms. The number of aromatic nitrogens is 6. The summed E-state index contributed by atoms with van der Waals surface area (Å²) in [5, 5.41) is 2.76. The molecule has 0 spiro atoms. The zero-order valence-electron chi connectivity index (χ0n) is 49.8. The van der Waals surface area contributed by atoms with Gasteiger partial charge in [-0.2, -0.15) is 26.3 Å². The van der Waals surface area contributed by atoms with Gasteiger partial charge in [0.1, 0.15) is 0 Å². The molecule has 0 saturated carbocycles. The van der Waals surface area contributed by atoms with Gasteiger partial charge in [0.2, 0.25) is 0 Å². The van der Waals surface area contributed by atoms with Crippen LogP contribution in [-0.4, -0.2) is 29.1 Å². The van der Waals surface area contributed by atoms with Crippen molar-refractivity contribution >= 4 is 43.6 Å². The fourth-order valence-electron chi connectivity index (χ4n) is 12.9. The van der Waals surface area contributed by atoms with Crippen molar-refractivity contribution in [2.24, 2.45) is 0 Å². The smallest absolute Gasteiger partial charge is 0.308 e. The molecule has 0 aliphatic rings. The maximum Gasteiger partial charge on any atom is 0.416 e. The Labute approximate surface area is 535 Å². The van der Waals surface area contributed by atoms with Gasteiger partial charge in [-0.25, -0.2) is 0 Å². The average molecular weight is 1230 g/mol. The molecule has 94 heavy (non-hydrogen) atoms. The molecule has 0 N–H and O–H groups in total. The van der Waals surface area contributed by atoms with Crippen molar-refractivity contribution in [1.82, 2.24) is 29.1 Å². The highest BCUT2D eigenvalue weighted by molar-refractivity contribution is 6.14. The highest BCUT2D eigenvalue weighted by atomic mass is 19.4. The molecule has 0 bridgehead atoms. The van der Waals surface area contributed by atoms with Crippen LogP contribution < -0.4 is 0 Å². The van der Waals surface area contributed by atoms with Gasteiger partial charge in [0.25, 0.3) is 0 Å². The Morgan fingerprint density at radius 1 is 0.223 bits per heavy atom. The molecule has 0 radical (unpaired) electrons. The van der Waals surface area contributed by atoms with Gasteiger partial charge in [-0.3, -0.25) is 19.9 Å². The van der Waals surface area contributed by atoms with Gasteiger partial charge in [-0.05, 0) is 101 Å². The molecular formula is C82H50F6N6. The summed E-state index contributed by atoms with van der Waals surface area (Å²) in [6, 6.07) is 84.9. The van der Waals surface area contributed by atoms with E-state index < -0.39 is 23.5 Å². The number of alkyl halides is 6. The van der Waals surface area contributed by atoms with E-state index in [9.17, 15) is 0 Å². The van der Waals surface area contributed by atoms with Gasteiger partial charge in [-0.15, -0.1) is 0 Å². The molecule has 6 heterocycles. The largest absolute Gasteiger partial charge is 0.416 e. The van der Waals surface area contributed by atoms with Gasteiger partial charge < -0.3 is 9.13 Å². The van der Waals surface area contributed by atoms with Crippen molar-refractivity contribution in [1.29, 1.82) is 0 Å². The molecule has 0 amide bonds. The Hall–Kier alpha value is -12.0. The van der Waals surface area contributed by atoms with Gasteiger partial charge in [0.15, 0.2) is 0 Å². The van der Waals surface area contributed by atoms with Crippen molar-refractivity contribution in [2.75, 3.05) is 0 Å². The first-order valence-electron chi connectivity index (χ1n) is 30.5. The summed E-state index contributed by atoms with van der Waals surface area (Å²) in [6.07, 6.45) is -2.76. The lowest BCUT2D eigenvalue weighted by Gasteiger charge is -2.23. The first-order valence-corrected chi connectivity index (χ1v) is 30.5. The summed E-state index contributed by atoms with van der Waals surface area (Å²) in [6.45, 7) is 0. The fourth-order valence-corrected chi connectivity index (χ4v) is 12.9. The van der Waals surface area contributed by atoms with Crippen molar-refractivity contribution in [2.45, 2.75) is 12.4 Å². The second-order valence-corrected chi connectivity index (χ2v) is 23.3. The second kappa shape index (κ2) is 23.0. The number of rotatable bonds is 11. The molecule has 450 valence electrons. The Balaban J connectivity index is 0.998. The van der Waals surface area contributed by atoms with Crippen molar-refractivity contribution in [3.63, 3.8) is 0 Å². The molecule has 10 aromatic carbocycles. The molecule has 0 fully saturated rings. The van der Waals surface area contributed by atoms with E-state index in [1.54, 1.807) is 40.0 Å². The van der Waals surface area contributed by atoms with Crippen molar-refractivity contribution < 1.29 is 26.3 Å². The summed E-state index contributed by atoms with van der Waals surface area (Å²) in [5.74, 6) is 0. The molecule has 0 aliphatic heterocycles. The zero-order chi connectivity index (χ0) is 63.7. The van der Waals surface area contributed by atoms with E-state index in [1.165, 1.54) is 6.07 Å².